The summed E-state index contributed by atoms with van der Waals surface area (Å²) < 4.78 is 38.9. The van der Waals surface area contributed by atoms with Gasteiger partial charge in [0.25, 0.3) is 5.56 Å². The van der Waals surface area contributed by atoms with Crippen molar-refractivity contribution in [3.05, 3.63) is 56.6 Å². The molecule has 0 unspecified atom stereocenters. The molecule has 0 aliphatic carbocycles. The molecular weight excluding hydrogens is 387 g/mol. The van der Waals surface area contributed by atoms with Crippen molar-refractivity contribution >= 4 is 33.7 Å². The standard InChI is InChI=1S/C16H12F3N3O2S2/c1-9-2-4-12(26-9)11-8-25-15(20-11)21-13(23)7-22-6-10(16(17,18)19)3-5-14(22)24/h2-6,8H,7H2,1H3,(H,20,21,23). The summed E-state index contributed by atoms with van der Waals surface area (Å²) in [5.41, 5.74) is -0.976. The summed E-state index contributed by atoms with van der Waals surface area (Å²) in [5.74, 6) is -0.630. The van der Waals surface area contributed by atoms with Gasteiger partial charge < -0.3 is 9.88 Å². The number of pyridine rings is 1. The van der Waals surface area contributed by atoms with Gasteiger partial charge in [-0.3, -0.25) is 9.59 Å². The van der Waals surface area contributed by atoms with Crippen molar-refractivity contribution in [3.63, 3.8) is 0 Å². The molecule has 1 N–H and O–H groups in total. The van der Waals surface area contributed by atoms with E-state index >= 15 is 0 Å². The van der Waals surface area contributed by atoms with E-state index in [0.717, 1.165) is 20.4 Å². The molecule has 1 amide bonds. The third-order valence-corrected chi connectivity index (χ3v) is 5.15. The number of hydrogen-bond donors (Lipinski definition) is 1. The van der Waals surface area contributed by atoms with E-state index in [-0.39, 0.29) is 0 Å². The number of nitrogens with zero attached hydrogens (tertiary/aromatic N) is 2. The van der Waals surface area contributed by atoms with E-state index in [1.807, 2.05) is 19.1 Å². The fourth-order valence-electron chi connectivity index (χ4n) is 2.15. The minimum atomic E-state index is -4.59. The molecule has 0 aromatic carbocycles. The Labute approximate surface area is 153 Å². The zero-order valence-corrected chi connectivity index (χ0v) is 15.0. The van der Waals surface area contributed by atoms with E-state index < -0.39 is 29.8 Å². The van der Waals surface area contributed by atoms with Gasteiger partial charge in [0.1, 0.15) is 6.54 Å². The molecule has 0 radical (unpaired) electrons. The molecule has 0 atom stereocenters. The molecule has 3 aromatic rings. The summed E-state index contributed by atoms with van der Waals surface area (Å²) in [4.78, 5) is 30.1. The number of carbonyl (C=O) groups excluding carboxylic acids is 1. The summed E-state index contributed by atoms with van der Waals surface area (Å²) in [6.07, 6.45) is -3.96. The fourth-order valence-corrected chi connectivity index (χ4v) is 3.78. The van der Waals surface area contributed by atoms with Crippen LogP contribution in [0.15, 0.2) is 40.6 Å². The van der Waals surface area contributed by atoms with Gasteiger partial charge in [0, 0.05) is 22.5 Å². The third-order valence-electron chi connectivity index (χ3n) is 3.37. The van der Waals surface area contributed by atoms with Crippen LogP contribution in [0.25, 0.3) is 10.6 Å². The van der Waals surface area contributed by atoms with Gasteiger partial charge >= 0.3 is 6.18 Å². The van der Waals surface area contributed by atoms with Crippen LogP contribution in [0.4, 0.5) is 18.3 Å². The normalized spacial score (nSPS) is 11.5. The second kappa shape index (κ2) is 7.04. The van der Waals surface area contributed by atoms with Crippen molar-refractivity contribution in [2.75, 3.05) is 5.32 Å². The monoisotopic (exact) mass is 399 g/mol. The van der Waals surface area contributed by atoms with Crippen LogP contribution in [0.3, 0.4) is 0 Å². The number of halogens is 3. The van der Waals surface area contributed by atoms with Crippen molar-refractivity contribution in [3.8, 4) is 10.6 Å². The molecule has 0 aliphatic rings. The first-order valence-corrected chi connectivity index (χ1v) is 9.02. The minimum Gasteiger partial charge on any atom is -0.305 e. The van der Waals surface area contributed by atoms with Crippen LogP contribution in [0, 0.1) is 6.92 Å². The van der Waals surface area contributed by atoms with Gasteiger partial charge in [-0.05, 0) is 25.1 Å². The molecular formula is C16H12F3N3O2S2. The van der Waals surface area contributed by atoms with Gasteiger partial charge in [-0.2, -0.15) is 13.2 Å². The van der Waals surface area contributed by atoms with E-state index in [9.17, 15) is 22.8 Å². The summed E-state index contributed by atoms with van der Waals surface area (Å²) in [5, 5.41) is 4.60. The molecule has 0 saturated carbocycles. The lowest BCUT2D eigenvalue weighted by atomic mass is 10.3. The Morgan fingerprint density at radius 3 is 2.69 bits per heavy atom. The summed E-state index contributed by atoms with van der Waals surface area (Å²) >= 11 is 2.76. The number of carbonyl (C=O) groups is 1. The maximum absolute atomic E-state index is 12.7. The molecule has 0 spiro atoms. The molecule has 0 aliphatic heterocycles. The Morgan fingerprint density at radius 2 is 2.04 bits per heavy atom. The van der Waals surface area contributed by atoms with Crippen LogP contribution in [0.2, 0.25) is 0 Å². The van der Waals surface area contributed by atoms with E-state index in [1.54, 1.807) is 16.7 Å². The lowest BCUT2D eigenvalue weighted by Crippen LogP contribution is -2.28. The fraction of sp³-hybridized carbons (Fsp3) is 0.188. The first kappa shape index (κ1) is 18.3. The molecule has 136 valence electrons. The SMILES string of the molecule is Cc1ccc(-c2csc(NC(=O)Cn3cc(C(F)(F)F)ccc3=O)n2)s1. The molecule has 3 heterocycles. The molecule has 0 saturated heterocycles. The van der Waals surface area contributed by atoms with Gasteiger partial charge in [0.2, 0.25) is 5.91 Å². The van der Waals surface area contributed by atoms with E-state index in [4.69, 9.17) is 0 Å². The largest absolute Gasteiger partial charge is 0.417 e. The number of thiazole rings is 1. The maximum atomic E-state index is 12.7. The Morgan fingerprint density at radius 1 is 1.27 bits per heavy atom. The summed E-state index contributed by atoms with van der Waals surface area (Å²) in [6, 6.07) is 5.35. The highest BCUT2D eigenvalue weighted by Gasteiger charge is 2.31. The zero-order chi connectivity index (χ0) is 18.9. The predicted octanol–water partition coefficient (Wildman–Crippen LogP) is 4.00. The minimum absolute atomic E-state index is 0.316. The highest BCUT2D eigenvalue weighted by Crippen LogP contribution is 2.30. The second-order valence-electron chi connectivity index (χ2n) is 5.38. The highest BCUT2D eigenvalue weighted by molar-refractivity contribution is 7.17. The highest BCUT2D eigenvalue weighted by atomic mass is 32.1. The van der Waals surface area contributed by atoms with Crippen LogP contribution < -0.4 is 10.9 Å². The van der Waals surface area contributed by atoms with Gasteiger partial charge in [0.05, 0.1) is 16.1 Å². The van der Waals surface area contributed by atoms with E-state index in [0.29, 0.717) is 23.1 Å². The number of aromatic nitrogens is 2. The van der Waals surface area contributed by atoms with Gasteiger partial charge in [0.15, 0.2) is 5.13 Å². The molecule has 0 bridgehead atoms. The van der Waals surface area contributed by atoms with Crippen molar-refractivity contribution < 1.29 is 18.0 Å². The smallest absolute Gasteiger partial charge is 0.305 e. The zero-order valence-electron chi connectivity index (χ0n) is 13.3. The topological polar surface area (TPSA) is 64.0 Å². The van der Waals surface area contributed by atoms with Crippen molar-refractivity contribution in [2.24, 2.45) is 0 Å². The quantitative estimate of drug-likeness (QED) is 0.721. The summed E-state index contributed by atoms with van der Waals surface area (Å²) in [7, 11) is 0. The number of hydrogen-bond acceptors (Lipinski definition) is 5. The molecule has 3 aromatic heterocycles. The molecule has 5 nitrogen and oxygen atoms in total. The first-order chi connectivity index (χ1) is 12.2. The van der Waals surface area contributed by atoms with Crippen LogP contribution in [-0.2, 0) is 17.5 Å². The number of amides is 1. The van der Waals surface area contributed by atoms with Gasteiger partial charge in [-0.1, -0.05) is 0 Å². The first-order valence-electron chi connectivity index (χ1n) is 7.32. The van der Waals surface area contributed by atoms with E-state index in [2.05, 4.69) is 10.3 Å². The van der Waals surface area contributed by atoms with Gasteiger partial charge in [-0.15, -0.1) is 22.7 Å². The summed E-state index contributed by atoms with van der Waals surface area (Å²) in [6.45, 7) is 1.44. The lowest BCUT2D eigenvalue weighted by molar-refractivity contribution is -0.138. The average molecular weight is 399 g/mol. The Balaban J connectivity index is 1.72. The lowest BCUT2D eigenvalue weighted by Gasteiger charge is -2.10. The molecule has 0 fully saturated rings. The van der Waals surface area contributed by atoms with Crippen LogP contribution >= 0.6 is 22.7 Å². The third kappa shape index (κ3) is 4.20. The van der Waals surface area contributed by atoms with Crippen LogP contribution in [0.1, 0.15) is 10.4 Å². The number of anilines is 1. The Hall–Kier alpha value is -2.46. The number of nitrogens with one attached hydrogen (secondary N) is 1. The predicted molar refractivity (Wildman–Crippen MR) is 94.5 cm³/mol. The van der Waals surface area contributed by atoms with Crippen molar-refractivity contribution in [1.29, 1.82) is 0 Å². The van der Waals surface area contributed by atoms with Gasteiger partial charge in [-0.25, -0.2) is 4.98 Å². The van der Waals surface area contributed by atoms with Crippen LogP contribution in [-0.4, -0.2) is 15.5 Å². The van der Waals surface area contributed by atoms with Crippen molar-refractivity contribution in [2.45, 2.75) is 19.6 Å². The molecule has 26 heavy (non-hydrogen) atoms. The maximum Gasteiger partial charge on any atom is 0.417 e. The molecule has 3 rings (SSSR count). The van der Waals surface area contributed by atoms with E-state index in [1.165, 1.54) is 11.3 Å². The number of alkyl halides is 3. The number of aryl methyl sites for hydroxylation is 1. The molecule has 10 heteroatoms. The average Bonchev–Trinajstić information content (AvgIpc) is 3.17. The number of thiophene rings is 1. The van der Waals surface area contributed by atoms with Crippen molar-refractivity contribution in [1.82, 2.24) is 9.55 Å². The Kier molecular flexibility index (Phi) is 4.97. The second-order valence-corrected chi connectivity index (χ2v) is 7.52. The Bertz CT molecular complexity index is 1000. The van der Waals surface area contributed by atoms with Crippen LogP contribution in [0.5, 0.6) is 0 Å². The number of rotatable bonds is 4.